The maximum Gasteiger partial charge on any atom is 0.0597 e. The molecule has 0 aromatic carbocycles. The van der Waals surface area contributed by atoms with Crippen molar-refractivity contribution in [2.24, 2.45) is 11.8 Å². The van der Waals surface area contributed by atoms with Gasteiger partial charge in [-0.1, -0.05) is 40.5 Å². The highest BCUT2D eigenvalue weighted by molar-refractivity contribution is 4.63. The fraction of sp³-hybridized carbons (Fsp3) is 1.00. The van der Waals surface area contributed by atoms with Crippen molar-refractivity contribution in [3.05, 3.63) is 0 Å². The minimum Gasteiger partial charge on any atom is -0.378 e. The summed E-state index contributed by atoms with van der Waals surface area (Å²) in [5, 5.41) is 0. The zero-order valence-corrected chi connectivity index (χ0v) is 9.97. The summed E-state index contributed by atoms with van der Waals surface area (Å²) in [5.41, 5.74) is 0. The van der Waals surface area contributed by atoms with Crippen molar-refractivity contribution >= 4 is 0 Å². The second-order valence-electron chi connectivity index (χ2n) is 4.56. The van der Waals surface area contributed by atoms with Gasteiger partial charge >= 0.3 is 0 Å². The lowest BCUT2D eigenvalue weighted by atomic mass is 9.98. The van der Waals surface area contributed by atoms with E-state index in [2.05, 4.69) is 34.6 Å². The molecular formula is C12H26O. The van der Waals surface area contributed by atoms with Crippen molar-refractivity contribution in [3.8, 4) is 0 Å². The van der Waals surface area contributed by atoms with Crippen LogP contribution < -0.4 is 0 Å². The molecule has 0 heterocycles. The third-order valence-electron chi connectivity index (χ3n) is 2.39. The number of hydrogen-bond acceptors (Lipinski definition) is 1. The van der Waals surface area contributed by atoms with Gasteiger partial charge in [-0.2, -0.15) is 0 Å². The van der Waals surface area contributed by atoms with Crippen molar-refractivity contribution in [2.75, 3.05) is 6.61 Å². The highest BCUT2D eigenvalue weighted by atomic mass is 16.5. The Morgan fingerprint density at radius 1 is 1.00 bits per heavy atom. The second kappa shape index (κ2) is 7.37. The van der Waals surface area contributed by atoms with Gasteiger partial charge in [-0.05, 0) is 25.2 Å². The molecule has 0 spiro atoms. The number of rotatable bonds is 7. The van der Waals surface area contributed by atoms with Gasteiger partial charge in [0.2, 0.25) is 0 Å². The van der Waals surface area contributed by atoms with E-state index < -0.39 is 0 Å². The van der Waals surface area contributed by atoms with Crippen molar-refractivity contribution in [1.29, 1.82) is 0 Å². The van der Waals surface area contributed by atoms with Crippen LogP contribution in [0.5, 0.6) is 0 Å². The Morgan fingerprint density at radius 2 is 1.62 bits per heavy atom. The lowest BCUT2D eigenvalue weighted by molar-refractivity contribution is 0.0226. The van der Waals surface area contributed by atoms with Crippen LogP contribution >= 0.6 is 0 Å². The second-order valence-corrected chi connectivity index (χ2v) is 4.56. The summed E-state index contributed by atoms with van der Waals surface area (Å²) in [7, 11) is 0. The minimum absolute atomic E-state index is 0.476. The Kier molecular flexibility index (Phi) is 7.35. The largest absolute Gasteiger partial charge is 0.378 e. The maximum atomic E-state index is 5.69. The Balaban J connectivity index is 3.57. The summed E-state index contributed by atoms with van der Waals surface area (Å²) in [6.45, 7) is 12.0. The molecule has 0 rings (SSSR count). The van der Waals surface area contributed by atoms with Gasteiger partial charge < -0.3 is 4.74 Å². The van der Waals surface area contributed by atoms with E-state index in [0.717, 1.165) is 12.5 Å². The van der Waals surface area contributed by atoms with E-state index in [1.54, 1.807) is 0 Å². The van der Waals surface area contributed by atoms with Crippen LogP contribution in [0.3, 0.4) is 0 Å². The fourth-order valence-corrected chi connectivity index (χ4v) is 1.55. The Hall–Kier alpha value is -0.0400. The van der Waals surface area contributed by atoms with Crippen LogP contribution in [0, 0.1) is 11.8 Å². The van der Waals surface area contributed by atoms with Gasteiger partial charge in [0.25, 0.3) is 0 Å². The van der Waals surface area contributed by atoms with E-state index in [-0.39, 0.29) is 0 Å². The van der Waals surface area contributed by atoms with Gasteiger partial charge in [-0.25, -0.2) is 0 Å². The SMILES string of the molecule is CCOC(CCCC(C)C)C(C)C. The summed E-state index contributed by atoms with van der Waals surface area (Å²) in [4.78, 5) is 0. The first-order chi connectivity index (χ1) is 6.07. The molecule has 0 fully saturated rings. The molecule has 80 valence electrons. The van der Waals surface area contributed by atoms with Crippen molar-refractivity contribution in [2.45, 2.75) is 60.0 Å². The molecule has 0 aliphatic rings. The first kappa shape index (κ1) is 13.0. The number of hydrogen-bond donors (Lipinski definition) is 0. The lowest BCUT2D eigenvalue weighted by Crippen LogP contribution is -2.19. The zero-order chi connectivity index (χ0) is 10.3. The summed E-state index contributed by atoms with van der Waals surface area (Å²) < 4.78 is 5.69. The molecule has 0 radical (unpaired) electrons. The molecule has 0 bridgehead atoms. The summed E-state index contributed by atoms with van der Waals surface area (Å²) in [6.07, 6.45) is 4.34. The average Bonchev–Trinajstić information content (AvgIpc) is 2.02. The molecule has 0 saturated carbocycles. The summed E-state index contributed by atoms with van der Waals surface area (Å²) in [6, 6.07) is 0. The lowest BCUT2D eigenvalue weighted by Gasteiger charge is -2.21. The van der Waals surface area contributed by atoms with Crippen molar-refractivity contribution in [1.82, 2.24) is 0 Å². The van der Waals surface area contributed by atoms with Crippen LogP contribution in [-0.4, -0.2) is 12.7 Å². The molecule has 1 atom stereocenters. The van der Waals surface area contributed by atoms with Gasteiger partial charge in [-0.15, -0.1) is 0 Å². The monoisotopic (exact) mass is 186 g/mol. The van der Waals surface area contributed by atoms with Crippen LogP contribution in [0.2, 0.25) is 0 Å². The third kappa shape index (κ3) is 7.06. The molecule has 0 aliphatic carbocycles. The molecule has 0 N–H and O–H groups in total. The van der Waals surface area contributed by atoms with E-state index in [0.29, 0.717) is 12.0 Å². The van der Waals surface area contributed by atoms with Crippen LogP contribution in [0.25, 0.3) is 0 Å². The maximum absolute atomic E-state index is 5.69. The molecule has 1 nitrogen and oxygen atoms in total. The van der Waals surface area contributed by atoms with E-state index >= 15 is 0 Å². The van der Waals surface area contributed by atoms with E-state index in [1.807, 2.05) is 0 Å². The predicted molar refractivity (Wildman–Crippen MR) is 58.9 cm³/mol. The van der Waals surface area contributed by atoms with Gasteiger partial charge in [0, 0.05) is 6.61 Å². The molecular weight excluding hydrogens is 160 g/mol. The smallest absolute Gasteiger partial charge is 0.0597 e. The molecule has 0 amide bonds. The first-order valence-electron chi connectivity index (χ1n) is 5.69. The molecule has 13 heavy (non-hydrogen) atoms. The van der Waals surface area contributed by atoms with E-state index in [9.17, 15) is 0 Å². The number of ether oxygens (including phenoxy) is 1. The van der Waals surface area contributed by atoms with E-state index in [4.69, 9.17) is 4.74 Å². The predicted octanol–water partition coefficient (Wildman–Crippen LogP) is 3.87. The third-order valence-corrected chi connectivity index (χ3v) is 2.39. The Bertz CT molecular complexity index is 108. The highest BCUT2D eigenvalue weighted by Crippen LogP contribution is 2.16. The van der Waals surface area contributed by atoms with Crippen molar-refractivity contribution < 1.29 is 4.74 Å². The normalized spacial score (nSPS) is 14.1. The minimum atomic E-state index is 0.476. The van der Waals surface area contributed by atoms with Gasteiger partial charge in [0.1, 0.15) is 0 Å². The van der Waals surface area contributed by atoms with Gasteiger partial charge in [-0.3, -0.25) is 0 Å². The molecule has 0 saturated heterocycles. The van der Waals surface area contributed by atoms with Crippen LogP contribution in [0.1, 0.15) is 53.9 Å². The topological polar surface area (TPSA) is 9.23 Å². The Morgan fingerprint density at radius 3 is 2.00 bits per heavy atom. The summed E-state index contributed by atoms with van der Waals surface area (Å²) >= 11 is 0. The quantitative estimate of drug-likeness (QED) is 0.586. The summed E-state index contributed by atoms with van der Waals surface area (Å²) in [5.74, 6) is 1.49. The van der Waals surface area contributed by atoms with E-state index in [1.165, 1.54) is 19.3 Å². The molecule has 0 aromatic rings. The van der Waals surface area contributed by atoms with Gasteiger partial charge in [0.05, 0.1) is 6.10 Å². The standard InChI is InChI=1S/C12H26O/c1-6-13-12(11(4)5)9-7-8-10(2)3/h10-12H,6-9H2,1-5H3. The van der Waals surface area contributed by atoms with Crippen molar-refractivity contribution in [3.63, 3.8) is 0 Å². The average molecular weight is 186 g/mol. The van der Waals surface area contributed by atoms with Crippen LogP contribution in [0.4, 0.5) is 0 Å². The van der Waals surface area contributed by atoms with Gasteiger partial charge in [0.15, 0.2) is 0 Å². The molecule has 0 aliphatic heterocycles. The molecule has 1 unspecified atom stereocenters. The Labute approximate surface area is 83.9 Å². The molecule has 1 heteroatoms. The van der Waals surface area contributed by atoms with Crippen LogP contribution in [-0.2, 0) is 4.74 Å². The zero-order valence-electron chi connectivity index (χ0n) is 9.97. The first-order valence-corrected chi connectivity index (χ1v) is 5.69. The highest BCUT2D eigenvalue weighted by Gasteiger charge is 2.12. The fourth-order valence-electron chi connectivity index (χ4n) is 1.55. The molecule has 0 aromatic heterocycles. The van der Waals surface area contributed by atoms with Crippen LogP contribution in [0.15, 0.2) is 0 Å².